The second-order valence-electron chi connectivity index (χ2n) is 5.31. The van der Waals surface area contributed by atoms with E-state index in [0.717, 1.165) is 19.3 Å². The molecule has 0 fully saturated rings. The van der Waals surface area contributed by atoms with Crippen molar-refractivity contribution in [3.05, 3.63) is 0 Å². The molecule has 0 heterocycles. The average Bonchev–Trinajstić information content (AvgIpc) is 2.47. The van der Waals surface area contributed by atoms with Gasteiger partial charge in [0.25, 0.3) is 5.97 Å². The molecule has 0 rings (SSSR count). The second-order valence-corrected chi connectivity index (χ2v) is 5.31. The van der Waals surface area contributed by atoms with Crippen molar-refractivity contribution in [2.24, 2.45) is 5.92 Å². The molecule has 1 atom stereocenters. The van der Waals surface area contributed by atoms with Crippen LogP contribution in [0.2, 0.25) is 0 Å². The number of unbranched alkanes of at least 4 members (excludes halogenated alkanes) is 5. The van der Waals surface area contributed by atoms with E-state index < -0.39 is 12.6 Å². The number of hydrogen-bond donors (Lipinski definition) is 0. The van der Waals surface area contributed by atoms with E-state index in [1.165, 1.54) is 25.7 Å². The molecule has 0 aromatic rings. The van der Waals surface area contributed by atoms with Crippen LogP contribution in [0.4, 0.5) is 4.39 Å². The van der Waals surface area contributed by atoms with Gasteiger partial charge >= 0.3 is 0 Å². The Labute approximate surface area is 130 Å². The van der Waals surface area contributed by atoms with Crippen LogP contribution in [-0.4, -0.2) is 32.5 Å². The lowest BCUT2D eigenvalue weighted by molar-refractivity contribution is -0.403. The van der Waals surface area contributed by atoms with Crippen LogP contribution in [0.3, 0.4) is 0 Å². The van der Waals surface area contributed by atoms with Crippen LogP contribution in [0, 0.1) is 5.92 Å². The molecule has 128 valence electrons. The molecule has 0 aliphatic rings. The Morgan fingerprint density at radius 3 is 1.67 bits per heavy atom. The van der Waals surface area contributed by atoms with E-state index in [4.69, 9.17) is 14.2 Å². The maximum atomic E-state index is 13.5. The molecule has 0 bridgehead atoms. The first kappa shape index (κ1) is 20.8. The molecule has 0 aromatic heterocycles. The van der Waals surface area contributed by atoms with Gasteiger partial charge < -0.3 is 14.2 Å². The number of ether oxygens (including phenoxy) is 3. The Hall–Kier alpha value is -0.190. The predicted molar refractivity (Wildman–Crippen MR) is 85.1 cm³/mol. The smallest absolute Gasteiger partial charge is 0.288 e. The highest BCUT2D eigenvalue weighted by molar-refractivity contribution is 4.72. The van der Waals surface area contributed by atoms with Crippen LogP contribution in [0.25, 0.3) is 0 Å². The summed E-state index contributed by atoms with van der Waals surface area (Å²) < 4.78 is 30.5. The highest BCUT2D eigenvalue weighted by Gasteiger charge is 2.41. The molecule has 0 spiro atoms. The topological polar surface area (TPSA) is 27.7 Å². The Morgan fingerprint density at radius 2 is 1.24 bits per heavy atom. The Balaban J connectivity index is 4.43. The number of alkyl halides is 1. The van der Waals surface area contributed by atoms with Gasteiger partial charge in [0.15, 0.2) is 0 Å². The molecule has 0 saturated carbocycles. The van der Waals surface area contributed by atoms with Crippen LogP contribution in [-0.2, 0) is 14.2 Å². The fraction of sp³-hybridized carbons (Fsp3) is 1.00. The minimum absolute atomic E-state index is 0.358. The molecule has 21 heavy (non-hydrogen) atoms. The first-order valence-corrected chi connectivity index (χ1v) is 8.68. The van der Waals surface area contributed by atoms with Crippen molar-refractivity contribution in [3.8, 4) is 0 Å². The molecule has 0 aliphatic carbocycles. The van der Waals surface area contributed by atoms with E-state index in [-0.39, 0.29) is 5.92 Å². The van der Waals surface area contributed by atoms with E-state index in [1.54, 1.807) is 0 Å². The fourth-order valence-corrected chi connectivity index (χ4v) is 2.60. The lowest BCUT2D eigenvalue weighted by Gasteiger charge is -2.37. The number of halogens is 1. The summed E-state index contributed by atoms with van der Waals surface area (Å²) in [6, 6.07) is 0. The second kappa shape index (κ2) is 13.5. The molecule has 0 amide bonds. The molecule has 0 aliphatic heterocycles. The fourth-order valence-electron chi connectivity index (χ4n) is 2.60. The molecular weight excluding hydrogens is 271 g/mol. The summed E-state index contributed by atoms with van der Waals surface area (Å²) in [7, 11) is 0. The maximum absolute atomic E-state index is 13.5. The van der Waals surface area contributed by atoms with Crippen molar-refractivity contribution in [3.63, 3.8) is 0 Å². The monoisotopic (exact) mass is 306 g/mol. The predicted octanol–water partition coefficient (Wildman–Crippen LogP) is 5.09. The Morgan fingerprint density at radius 1 is 0.762 bits per heavy atom. The molecule has 0 aromatic carbocycles. The molecular formula is C17H35FO3. The SMILES string of the molecule is CCCCCCCCC(CF)C(OCC)(OCC)OCC. The number of hydrogen-bond acceptors (Lipinski definition) is 3. The molecule has 4 heteroatoms. The van der Waals surface area contributed by atoms with Crippen molar-refractivity contribution < 1.29 is 18.6 Å². The van der Waals surface area contributed by atoms with Crippen molar-refractivity contribution in [2.45, 2.75) is 78.6 Å². The van der Waals surface area contributed by atoms with Crippen molar-refractivity contribution in [1.82, 2.24) is 0 Å². The molecule has 1 unspecified atom stereocenters. The summed E-state index contributed by atoms with van der Waals surface area (Å²) >= 11 is 0. The van der Waals surface area contributed by atoms with Crippen LogP contribution < -0.4 is 0 Å². The Kier molecular flexibility index (Phi) is 13.3. The van der Waals surface area contributed by atoms with E-state index in [0.29, 0.717) is 19.8 Å². The summed E-state index contributed by atoms with van der Waals surface area (Å²) in [5.74, 6) is -1.57. The minimum atomic E-state index is -1.21. The summed E-state index contributed by atoms with van der Waals surface area (Å²) in [5, 5.41) is 0. The summed E-state index contributed by atoms with van der Waals surface area (Å²) in [5.41, 5.74) is 0. The van der Waals surface area contributed by atoms with Gasteiger partial charge in [-0.3, -0.25) is 4.39 Å². The van der Waals surface area contributed by atoms with Crippen LogP contribution in [0.1, 0.15) is 72.6 Å². The zero-order chi connectivity index (χ0) is 16.0. The van der Waals surface area contributed by atoms with Gasteiger partial charge in [-0.05, 0) is 27.2 Å². The van der Waals surface area contributed by atoms with Gasteiger partial charge in [-0.2, -0.15) is 0 Å². The molecule has 0 saturated heterocycles. The van der Waals surface area contributed by atoms with Crippen LogP contribution in [0.15, 0.2) is 0 Å². The first-order chi connectivity index (χ1) is 10.2. The van der Waals surface area contributed by atoms with Gasteiger partial charge in [-0.15, -0.1) is 0 Å². The third-order valence-corrected chi connectivity index (χ3v) is 3.63. The molecule has 0 radical (unpaired) electrons. The van der Waals surface area contributed by atoms with Gasteiger partial charge in [0.1, 0.15) is 0 Å². The third kappa shape index (κ3) is 8.12. The maximum Gasteiger partial charge on any atom is 0.288 e. The molecule has 0 N–H and O–H groups in total. The van der Waals surface area contributed by atoms with E-state index in [9.17, 15) is 4.39 Å². The van der Waals surface area contributed by atoms with Gasteiger partial charge in [-0.1, -0.05) is 45.4 Å². The lowest BCUT2D eigenvalue weighted by atomic mass is 9.98. The minimum Gasteiger partial charge on any atom is -0.327 e. The first-order valence-electron chi connectivity index (χ1n) is 8.68. The van der Waals surface area contributed by atoms with Crippen molar-refractivity contribution in [1.29, 1.82) is 0 Å². The lowest BCUT2D eigenvalue weighted by Crippen LogP contribution is -2.47. The average molecular weight is 306 g/mol. The molecule has 3 nitrogen and oxygen atoms in total. The Bertz CT molecular complexity index is 207. The van der Waals surface area contributed by atoms with Crippen molar-refractivity contribution >= 4 is 0 Å². The standard InChI is InChI=1S/C17H35FO3/c1-5-9-10-11-12-13-14-16(15-18)17(19-6-2,20-7-3)21-8-4/h16H,5-15H2,1-4H3. The number of rotatable bonds is 15. The zero-order valence-corrected chi connectivity index (χ0v) is 14.5. The van der Waals surface area contributed by atoms with Gasteiger partial charge in [0, 0.05) is 19.8 Å². The summed E-state index contributed by atoms with van der Waals surface area (Å²) in [4.78, 5) is 0. The zero-order valence-electron chi connectivity index (χ0n) is 14.5. The van der Waals surface area contributed by atoms with Crippen molar-refractivity contribution in [2.75, 3.05) is 26.5 Å². The van der Waals surface area contributed by atoms with E-state index in [1.807, 2.05) is 20.8 Å². The van der Waals surface area contributed by atoms with Crippen LogP contribution >= 0.6 is 0 Å². The largest absolute Gasteiger partial charge is 0.327 e. The van der Waals surface area contributed by atoms with Gasteiger partial charge in [0.2, 0.25) is 0 Å². The van der Waals surface area contributed by atoms with E-state index in [2.05, 4.69) is 6.92 Å². The summed E-state index contributed by atoms with van der Waals surface area (Å²) in [6.07, 6.45) is 7.89. The van der Waals surface area contributed by atoms with Crippen LogP contribution in [0.5, 0.6) is 0 Å². The third-order valence-electron chi connectivity index (χ3n) is 3.63. The highest BCUT2D eigenvalue weighted by Crippen LogP contribution is 2.31. The van der Waals surface area contributed by atoms with E-state index >= 15 is 0 Å². The van der Waals surface area contributed by atoms with Gasteiger partial charge in [0.05, 0.1) is 12.6 Å². The normalized spacial score (nSPS) is 13.6. The highest BCUT2D eigenvalue weighted by atomic mass is 19.1. The quantitative estimate of drug-likeness (QED) is 0.312. The van der Waals surface area contributed by atoms with Gasteiger partial charge in [-0.25, -0.2) is 0 Å². The summed E-state index contributed by atoms with van der Waals surface area (Å²) in [6.45, 7) is 8.73.